The average Bonchev–Trinajstić information content (AvgIpc) is 2.63. The first-order valence-electron chi connectivity index (χ1n) is 12.1. The van der Waals surface area contributed by atoms with E-state index in [1.54, 1.807) is 18.5 Å². The van der Waals surface area contributed by atoms with Crippen LogP contribution in [0.4, 0.5) is 0 Å². The van der Waals surface area contributed by atoms with Crippen LogP contribution >= 0.6 is 7.92 Å². The molecule has 0 aliphatic carbocycles. The molecule has 0 aromatic carbocycles. The van der Waals surface area contributed by atoms with Crippen molar-refractivity contribution in [3.63, 3.8) is 0 Å². The summed E-state index contributed by atoms with van der Waals surface area (Å²) in [6.45, 7) is 6.96. The summed E-state index contributed by atoms with van der Waals surface area (Å²) in [5.74, 6) is 0. The highest BCUT2D eigenvalue weighted by molar-refractivity contribution is 7.57. The topological polar surface area (TPSA) is 31.5 Å². The molecule has 0 atom stereocenters. The van der Waals surface area contributed by atoms with E-state index in [-0.39, 0.29) is 5.48 Å². The van der Waals surface area contributed by atoms with E-state index in [0.29, 0.717) is 7.92 Å². The van der Waals surface area contributed by atoms with E-state index < -0.39 is 0 Å². The zero-order chi connectivity index (χ0) is 18.4. The van der Waals surface area contributed by atoms with Crippen LogP contribution in [0.5, 0.6) is 0 Å². The molecule has 2 heteroatoms. The fourth-order valence-corrected chi connectivity index (χ4v) is 6.37. The standard InChI is InChI=1S/C24H51P.H2O/c1-4-7-10-13-16-19-22-25(23-20-17-14-11-8-5-2)24-21-18-15-12-9-6-3;/h4-24H2,1-3H3;1H2. The van der Waals surface area contributed by atoms with Crippen molar-refractivity contribution < 1.29 is 5.48 Å². The molecule has 0 radical (unpaired) electrons. The molecule has 0 amide bonds. The fraction of sp³-hybridized carbons (Fsp3) is 1.00. The second-order valence-electron chi connectivity index (χ2n) is 8.14. The number of rotatable bonds is 21. The van der Waals surface area contributed by atoms with Gasteiger partial charge in [0, 0.05) is 0 Å². The maximum absolute atomic E-state index is 2.32. The molecule has 2 N–H and O–H groups in total. The van der Waals surface area contributed by atoms with Crippen LogP contribution in [0, 0.1) is 0 Å². The van der Waals surface area contributed by atoms with E-state index in [9.17, 15) is 0 Å². The molecule has 0 bridgehead atoms. The summed E-state index contributed by atoms with van der Waals surface area (Å²) in [6.07, 6.45) is 31.2. The van der Waals surface area contributed by atoms with E-state index in [1.165, 1.54) is 116 Å². The van der Waals surface area contributed by atoms with Crippen molar-refractivity contribution in [2.75, 3.05) is 18.5 Å². The molecule has 0 aromatic heterocycles. The summed E-state index contributed by atoms with van der Waals surface area (Å²) >= 11 is 0. The van der Waals surface area contributed by atoms with Crippen LogP contribution in [-0.2, 0) is 0 Å². The van der Waals surface area contributed by atoms with Crippen LogP contribution in [-0.4, -0.2) is 24.0 Å². The maximum atomic E-state index is 2.32. The average molecular weight is 389 g/mol. The lowest BCUT2D eigenvalue weighted by Crippen LogP contribution is -1.97. The van der Waals surface area contributed by atoms with Gasteiger partial charge in [0.05, 0.1) is 0 Å². The first kappa shape index (κ1) is 28.6. The Morgan fingerprint density at radius 1 is 0.346 bits per heavy atom. The summed E-state index contributed by atoms with van der Waals surface area (Å²) < 4.78 is 0. The van der Waals surface area contributed by atoms with Gasteiger partial charge in [0.1, 0.15) is 0 Å². The Morgan fingerprint density at radius 3 is 0.846 bits per heavy atom. The lowest BCUT2D eigenvalue weighted by Gasteiger charge is -2.18. The number of unbranched alkanes of at least 4 members (excludes halogenated alkanes) is 15. The Labute approximate surface area is 168 Å². The van der Waals surface area contributed by atoms with Gasteiger partial charge in [-0.3, -0.25) is 0 Å². The number of hydrogen-bond acceptors (Lipinski definition) is 0. The zero-order valence-corrected chi connectivity index (χ0v) is 19.7. The first-order chi connectivity index (χ1) is 12.3. The Balaban J connectivity index is 0. The molecule has 0 spiro atoms. The van der Waals surface area contributed by atoms with Gasteiger partial charge in [-0.25, -0.2) is 0 Å². The molecule has 0 fully saturated rings. The first-order valence-corrected chi connectivity index (χ1v) is 14.0. The van der Waals surface area contributed by atoms with E-state index in [1.807, 2.05) is 0 Å². The molecule has 0 aromatic rings. The van der Waals surface area contributed by atoms with E-state index in [4.69, 9.17) is 0 Å². The number of hydrogen-bond donors (Lipinski definition) is 0. The van der Waals surface area contributed by atoms with E-state index >= 15 is 0 Å². The lowest BCUT2D eigenvalue weighted by molar-refractivity contribution is 0.617. The minimum atomic E-state index is 0. The smallest absolute Gasteiger partial charge is 0.0326 e. The summed E-state index contributed by atoms with van der Waals surface area (Å²) in [7, 11) is 0.366. The Hall–Kier alpha value is 0.390. The van der Waals surface area contributed by atoms with Crippen LogP contribution in [0.3, 0.4) is 0 Å². The molecule has 1 nitrogen and oxygen atoms in total. The van der Waals surface area contributed by atoms with Gasteiger partial charge in [-0.1, -0.05) is 117 Å². The van der Waals surface area contributed by atoms with Crippen LogP contribution in [0.15, 0.2) is 0 Å². The molecule has 0 unspecified atom stereocenters. The van der Waals surface area contributed by atoms with Gasteiger partial charge in [-0.2, -0.15) is 0 Å². The van der Waals surface area contributed by atoms with Crippen molar-refractivity contribution in [1.82, 2.24) is 0 Å². The zero-order valence-electron chi connectivity index (χ0n) is 18.8. The molecule has 0 heterocycles. The van der Waals surface area contributed by atoms with Gasteiger partial charge < -0.3 is 5.48 Å². The minimum absolute atomic E-state index is 0. The van der Waals surface area contributed by atoms with Crippen molar-refractivity contribution >= 4 is 7.92 Å². The van der Waals surface area contributed by atoms with E-state index in [0.717, 1.165) is 0 Å². The highest BCUT2D eigenvalue weighted by Gasteiger charge is 2.07. The summed E-state index contributed by atoms with van der Waals surface area (Å²) in [6, 6.07) is 0. The Bertz CT molecular complexity index is 194. The van der Waals surface area contributed by atoms with Crippen LogP contribution in [0.1, 0.15) is 136 Å². The monoisotopic (exact) mass is 388 g/mol. The van der Waals surface area contributed by atoms with Crippen molar-refractivity contribution in [1.29, 1.82) is 0 Å². The normalized spacial score (nSPS) is 11.1. The molecule has 0 rings (SSSR count). The second-order valence-corrected chi connectivity index (χ2v) is 10.8. The highest BCUT2D eigenvalue weighted by Crippen LogP contribution is 2.39. The second kappa shape index (κ2) is 25.4. The van der Waals surface area contributed by atoms with Crippen LogP contribution in [0.25, 0.3) is 0 Å². The maximum Gasteiger partial charge on any atom is -0.0326 e. The largest absolute Gasteiger partial charge is 0.412 e. The third-order valence-electron chi connectivity index (χ3n) is 5.48. The molecular formula is C24H53OP. The molecule has 0 aliphatic rings. The lowest BCUT2D eigenvalue weighted by atomic mass is 10.1. The Kier molecular flexibility index (Phi) is 27.9. The van der Waals surface area contributed by atoms with Gasteiger partial charge in [0.25, 0.3) is 0 Å². The highest BCUT2D eigenvalue weighted by atomic mass is 31.1. The van der Waals surface area contributed by atoms with Gasteiger partial charge in [-0.05, 0) is 37.7 Å². The summed E-state index contributed by atoms with van der Waals surface area (Å²) in [5.41, 5.74) is 0. The third kappa shape index (κ3) is 22.4. The molecule has 0 aliphatic heterocycles. The molecule has 26 heavy (non-hydrogen) atoms. The summed E-state index contributed by atoms with van der Waals surface area (Å²) in [5, 5.41) is 0. The predicted molar refractivity (Wildman–Crippen MR) is 125 cm³/mol. The third-order valence-corrected chi connectivity index (χ3v) is 8.33. The van der Waals surface area contributed by atoms with E-state index in [2.05, 4.69) is 20.8 Å². The van der Waals surface area contributed by atoms with Gasteiger partial charge in [0.2, 0.25) is 0 Å². The van der Waals surface area contributed by atoms with Crippen LogP contribution < -0.4 is 0 Å². The predicted octanol–water partition coefficient (Wildman–Crippen LogP) is 8.73. The fourth-order valence-electron chi connectivity index (χ4n) is 3.68. The van der Waals surface area contributed by atoms with Gasteiger partial charge >= 0.3 is 0 Å². The van der Waals surface area contributed by atoms with Gasteiger partial charge in [-0.15, -0.1) is 7.92 Å². The minimum Gasteiger partial charge on any atom is -0.412 e. The summed E-state index contributed by atoms with van der Waals surface area (Å²) in [4.78, 5) is 0. The molecule has 0 saturated heterocycles. The van der Waals surface area contributed by atoms with Crippen LogP contribution in [0.2, 0.25) is 0 Å². The molecule has 0 saturated carbocycles. The van der Waals surface area contributed by atoms with Gasteiger partial charge in [0.15, 0.2) is 0 Å². The molecule has 160 valence electrons. The quantitative estimate of drug-likeness (QED) is 0.139. The molecular weight excluding hydrogens is 335 g/mol. The van der Waals surface area contributed by atoms with Crippen molar-refractivity contribution in [3.05, 3.63) is 0 Å². The Morgan fingerprint density at radius 2 is 0.577 bits per heavy atom. The van der Waals surface area contributed by atoms with Crippen molar-refractivity contribution in [3.8, 4) is 0 Å². The van der Waals surface area contributed by atoms with Crippen molar-refractivity contribution in [2.24, 2.45) is 0 Å². The SMILES string of the molecule is CCCCCCCCP(CCCCCCCC)CCCCCCCC.O. The van der Waals surface area contributed by atoms with Crippen molar-refractivity contribution in [2.45, 2.75) is 136 Å².